The summed E-state index contributed by atoms with van der Waals surface area (Å²) in [4.78, 5) is 11.6. The summed E-state index contributed by atoms with van der Waals surface area (Å²) in [6.45, 7) is 2.68. The van der Waals surface area contributed by atoms with Gasteiger partial charge in [-0.3, -0.25) is 4.79 Å². The topological polar surface area (TPSA) is 85.6 Å². The van der Waals surface area contributed by atoms with Crippen LogP contribution in [-0.4, -0.2) is 20.9 Å². The van der Waals surface area contributed by atoms with E-state index in [1.54, 1.807) is 18.4 Å². The second-order valence-corrected chi connectivity index (χ2v) is 7.32. The average molecular weight is 350 g/mol. The fourth-order valence-electron chi connectivity index (χ4n) is 1.64. The monoisotopic (exact) mass is 349 g/mol. The molecule has 0 aromatic carbocycles. The smallest absolute Gasteiger partial charge is 0.271 e. The van der Waals surface area contributed by atoms with Crippen molar-refractivity contribution in [2.75, 3.05) is 6.61 Å². The van der Waals surface area contributed by atoms with Gasteiger partial charge in [0.1, 0.15) is 26.5 Å². The van der Waals surface area contributed by atoms with Gasteiger partial charge in [0, 0.05) is 6.07 Å². The maximum Gasteiger partial charge on any atom is 0.271 e. The van der Waals surface area contributed by atoms with E-state index in [1.165, 1.54) is 24.3 Å². The van der Waals surface area contributed by atoms with Gasteiger partial charge >= 0.3 is 0 Å². The van der Waals surface area contributed by atoms with Crippen LogP contribution in [0.25, 0.3) is 0 Å². The molecule has 0 spiro atoms. The molecule has 0 unspecified atom stereocenters. The second kappa shape index (κ2) is 6.08. The number of furan rings is 1. The number of aryl methyl sites for hydroxylation is 2. The van der Waals surface area contributed by atoms with Crippen LogP contribution in [0.3, 0.4) is 0 Å². The average Bonchev–Trinajstić information content (AvgIpc) is 2.92. The number of carbonyl (C=O) groups excluding carboxylic acids is 1. The van der Waals surface area contributed by atoms with Gasteiger partial charge in [-0.15, -0.1) is 11.3 Å². The summed E-state index contributed by atoms with van der Waals surface area (Å²) >= 11 is 7.06. The third kappa shape index (κ3) is 3.78. The molecule has 0 saturated carbocycles. The molecule has 9 heteroatoms. The Balaban J connectivity index is 2.02. The van der Waals surface area contributed by atoms with E-state index in [2.05, 4.69) is 0 Å². The molecule has 0 atom stereocenters. The zero-order valence-electron chi connectivity index (χ0n) is 11.2. The normalized spacial score (nSPS) is 11.4. The number of sulfonamides is 1. The summed E-state index contributed by atoms with van der Waals surface area (Å²) in [5.41, 5.74) is 0. The third-order valence-electron chi connectivity index (χ3n) is 2.48. The summed E-state index contributed by atoms with van der Waals surface area (Å²) in [6, 6.07) is 2.94. The van der Waals surface area contributed by atoms with Crippen LogP contribution < -0.4 is 9.46 Å². The lowest BCUT2D eigenvalue weighted by Crippen LogP contribution is -2.34. The van der Waals surface area contributed by atoms with Gasteiger partial charge in [-0.25, -0.2) is 13.1 Å². The van der Waals surface area contributed by atoms with Crippen molar-refractivity contribution in [3.63, 3.8) is 0 Å². The van der Waals surface area contributed by atoms with Gasteiger partial charge in [0.25, 0.3) is 15.9 Å². The summed E-state index contributed by atoms with van der Waals surface area (Å²) in [6.07, 6.45) is 0. The molecule has 21 heavy (non-hydrogen) atoms. The van der Waals surface area contributed by atoms with Gasteiger partial charge in [0.15, 0.2) is 6.61 Å². The van der Waals surface area contributed by atoms with Gasteiger partial charge in [-0.05, 0) is 25.3 Å². The molecular formula is C12H12ClNO5S2. The highest BCUT2D eigenvalue weighted by Gasteiger charge is 2.23. The van der Waals surface area contributed by atoms with E-state index in [4.69, 9.17) is 20.8 Å². The molecule has 0 aliphatic heterocycles. The predicted molar refractivity (Wildman–Crippen MR) is 78.3 cm³/mol. The van der Waals surface area contributed by atoms with Gasteiger partial charge in [-0.1, -0.05) is 11.6 Å². The van der Waals surface area contributed by atoms with E-state index in [0.29, 0.717) is 15.8 Å². The molecule has 0 fully saturated rings. The van der Waals surface area contributed by atoms with E-state index in [9.17, 15) is 13.2 Å². The Morgan fingerprint density at radius 2 is 2.19 bits per heavy atom. The number of hydrogen-bond donors (Lipinski definition) is 1. The number of amides is 1. The highest BCUT2D eigenvalue weighted by Crippen LogP contribution is 2.29. The number of thiophene rings is 1. The molecule has 0 bridgehead atoms. The lowest BCUT2D eigenvalue weighted by molar-refractivity contribution is -0.121. The highest BCUT2D eigenvalue weighted by molar-refractivity contribution is 7.90. The Kier molecular flexibility index (Phi) is 4.60. The molecule has 0 saturated heterocycles. The minimum Gasteiger partial charge on any atom is -0.481 e. The van der Waals surface area contributed by atoms with E-state index < -0.39 is 22.5 Å². The maximum atomic E-state index is 12.0. The Hall–Kier alpha value is -1.51. The zero-order chi connectivity index (χ0) is 15.6. The van der Waals surface area contributed by atoms with Crippen molar-refractivity contribution in [3.8, 4) is 5.75 Å². The quantitative estimate of drug-likeness (QED) is 0.896. The number of halogens is 1. The molecule has 2 aromatic heterocycles. The van der Waals surface area contributed by atoms with E-state index in [-0.39, 0.29) is 10.7 Å². The van der Waals surface area contributed by atoms with Crippen molar-refractivity contribution in [1.29, 1.82) is 0 Å². The molecule has 0 aliphatic rings. The first-order chi connectivity index (χ1) is 9.79. The first kappa shape index (κ1) is 15.9. The van der Waals surface area contributed by atoms with Crippen LogP contribution in [0.5, 0.6) is 5.75 Å². The van der Waals surface area contributed by atoms with Crippen LogP contribution in [0.4, 0.5) is 0 Å². The molecule has 2 rings (SSSR count). The Labute approximate surface area is 130 Å². The van der Waals surface area contributed by atoms with Crippen LogP contribution in [-0.2, 0) is 14.8 Å². The van der Waals surface area contributed by atoms with Crippen LogP contribution >= 0.6 is 22.9 Å². The summed E-state index contributed by atoms with van der Waals surface area (Å²) in [5.74, 6) is 0.205. The van der Waals surface area contributed by atoms with E-state index in [1.807, 2.05) is 4.72 Å². The second-order valence-electron chi connectivity index (χ2n) is 4.15. The van der Waals surface area contributed by atoms with Gasteiger partial charge in [0.05, 0.1) is 0 Å². The molecule has 6 nitrogen and oxygen atoms in total. The minimum absolute atomic E-state index is 0.0677. The molecule has 2 heterocycles. The molecule has 0 aliphatic carbocycles. The van der Waals surface area contributed by atoms with Gasteiger partial charge in [-0.2, -0.15) is 0 Å². The van der Waals surface area contributed by atoms with Crippen LogP contribution in [0, 0.1) is 13.8 Å². The minimum atomic E-state index is -3.97. The van der Waals surface area contributed by atoms with Gasteiger partial charge in [0.2, 0.25) is 0 Å². The molecule has 0 radical (unpaired) electrons. The van der Waals surface area contributed by atoms with Crippen molar-refractivity contribution in [3.05, 3.63) is 33.4 Å². The van der Waals surface area contributed by atoms with Crippen LogP contribution in [0.2, 0.25) is 4.34 Å². The summed E-state index contributed by atoms with van der Waals surface area (Å²) in [5, 5.41) is 1.70. The summed E-state index contributed by atoms with van der Waals surface area (Å²) < 4.78 is 36.7. The third-order valence-corrected chi connectivity index (χ3v) is 5.09. The fourth-order valence-corrected chi connectivity index (χ4v) is 3.67. The maximum absolute atomic E-state index is 12.0. The molecule has 1 amide bonds. The van der Waals surface area contributed by atoms with Crippen LogP contribution in [0.1, 0.15) is 11.5 Å². The van der Waals surface area contributed by atoms with Crippen molar-refractivity contribution in [2.24, 2.45) is 0 Å². The number of carbonyl (C=O) groups is 1. The zero-order valence-corrected chi connectivity index (χ0v) is 13.6. The van der Waals surface area contributed by atoms with E-state index in [0.717, 1.165) is 0 Å². The summed E-state index contributed by atoms with van der Waals surface area (Å²) in [7, 11) is -3.97. The van der Waals surface area contributed by atoms with Crippen LogP contribution in [0.15, 0.2) is 26.8 Å². The first-order valence-corrected chi connectivity index (χ1v) is 8.52. The van der Waals surface area contributed by atoms with E-state index >= 15 is 0 Å². The Morgan fingerprint density at radius 1 is 1.48 bits per heavy atom. The van der Waals surface area contributed by atoms with Crippen molar-refractivity contribution in [2.45, 2.75) is 18.7 Å². The lowest BCUT2D eigenvalue weighted by atomic mass is 10.4. The first-order valence-electron chi connectivity index (χ1n) is 5.78. The van der Waals surface area contributed by atoms with Crippen molar-refractivity contribution < 1.29 is 22.4 Å². The number of rotatable bonds is 5. The Morgan fingerprint density at radius 3 is 2.71 bits per heavy atom. The lowest BCUT2D eigenvalue weighted by Gasteiger charge is -2.07. The molecule has 1 N–H and O–H groups in total. The highest BCUT2D eigenvalue weighted by atomic mass is 35.5. The fraction of sp³-hybridized carbons (Fsp3) is 0.250. The predicted octanol–water partition coefficient (Wildman–Crippen LogP) is 2.50. The SMILES string of the molecule is Cc1cc(S(=O)(=O)NC(=O)COc2ccsc2Cl)c(C)o1. The number of hydrogen-bond acceptors (Lipinski definition) is 6. The molecular weight excluding hydrogens is 338 g/mol. The molecule has 2 aromatic rings. The number of nitrogens with one attached hydrogen (secondary N) is 1. The van der Waals surface area contributed by atoms with Gasteiger partial charge < -0.3 is 9.15 Å². The molecule has 114 valence electrons. The number of ether oxygens (including phenoxy) is 1. The Bertz CT molecular complexity index is 762. The standard InChI is InChI=1S/C12H12ClNO5S2/c1-7-5-10(8(2)19-7)21(16,17)14-11(15)6-18-9-3-4-20-12(9)13/h3-5H,6H2,1-2H3,(H,14,15). The van der Waals surface area contributed by atoms with Crippen molar-refractivity contribution in [1.82, 2.24) is 4.72 Å². The largest absolute Gasteiger partial charge is 0.481 e. The van der Waals surface area contributed by atoms with Crippen molar-refractivity contribution >= 4 is 38.9 Å².